The Bertz CT molecular complexity index is 2800. The minimum Gasteiger partial charge on any atom is -0.311 e. The lowest BCUT2D eigenvalue weighted by Crippen LogP contribution is -2.10. The summed E-state index contributed by atoms with van der Waals surface area (Å²) in [6.07, 6.45) is 0. The minimum absolute atomic E-state index is 1.11. The van der Waals surface area contributed by atoms with E-state index in [1.807, 2.05) is 0 Å². The quantitative estimate of drug-likeness (QED) is 0.170. The van der Waals surface area contributed by atoms with Crippen LogP contribution in [0, 0.1) is 6.92 Å². The van der Waals surface area contributed by atoms with E-state index in [-0.39, 0.29) is 0 Å². The molecular formula is C51H36N2. The van der Waals surface area contributed by atoms with Gasteiger partial charge in [-0.25, -0.2) is 0 Å². The molecule has 0 atom stereocenters. The van der Waals surface area contributed by atoms with Crippen LogP contribution in [0.15, 0.2) is 200 Å². The van der Waals surface area contributed by atoms with Gasteiger partial charge in [0, 0.05) is 33.5 Å². The zero-order valence-electron chi connectivity index (χ0n) is 29.4. The fourth-order valence-corrected chi connectivity index (χ4v) is 7.87. The second-order valence-electron chi connectivity index (χ2n) is 13.9. The summed E-state index contributed by atoms with van der Waals surface area (Å²) in [5.74, 6) is 0. The highest BCUT2D eigenvalue weighted by molar-refractivity contribution is 6.12. The molecule has 1 aromatic heterocycles. The number of nitrogens with zero attached hydrogens (tertiary/aromatic N) is 2. The third-order valence-corrected chi connectivity index (χ3v) is 10.6. The third kappa shape index (κ3) is 5.53. The zero-order chi connectivity index (χ0) is 35.3. The van der Waals surface area contributed by atoms with Crippen LogP contribution in [-0.2, 0) is 0 Å². The number of hydrogen-bond acceptors (Lipinski definition) is 1. The topological polar surface area (TPSA) is 8.17 Å². The summed E-state index contributed by atoms with van der Waals surface area (Å²) < 4.78 is 2.42. The van der Waals surface area contributed by atoms with E-state index in [2.05, 4.69) is 217 Å². The number of rotatable bonds is 6. The number of aromatic nitrogens is 1. The van der Waals surface area contributed by atoms with Crippen LogP contribution in [-0.4, -0.2) is 4.57 Å². The zero-order valence-corrected chi connectivity index (χ0v) is 29.4. The van der Waals surface area contributed by atoms with E-state index in [1.54, 1.807) is 0 Å². The van der Waals surface area contributed by atoms with E-state index < -0.39 is 0 Å². The molecule has 0 bridgehead atoms. The summed E-state index contributed by atoms with van der Waals surface area (Å²) in [5, 5.41) is 7.49. The van der Waals surface area contributed by atoms with Gasteiger partial charge in [0.2, 0.25) is 0 Å². The number of fused-ring (bicyclic) bond motifs is 5. The summed E-state index contributed by atoms with van der Waals surface area (Å²) in [5.41, 5.74) is 13.0. The number of aryl methyl sites for hydroxylation is 1. The normalized spacial score (nSPS) is 11.5. The number of benzene rings is 9. The summed E-state index contributed by atoms with van der Waals surface area (Å²) in [7, 11) is 0. The van der Waals surface area contributed by atoms with Crippen LogP contribution in [0.5, 0.6) is 0 Å². The lowest BCUT2D eigenvalue weighted by Gasteiger charge is -2.26. The van der Waals surface area contributed by atoms with Crippen molar-refractivity contribution in [2.75, 3.05) is 4.90 Å². The highest BCUT2D eigenvalue weighted by Gasteiger charge is 2.17. The van der Waals surface area contributed by atoms with Crippen LogP contribution in [0.1, 0.15) is 5.56 Å². The lowest BCUT2D eigenvalue weighted by molar-refractivity contribution is 1.17. The van der Waals surface area contributed by atoms with Gasteiger partial charge >= 0.3 is 0 Å². The summed E-state index contributed by atoms with van der Waals surface area (Å²) in [6.45, 7) is 2.13. The smallest absolute Gasteiger partial charge is 0.0541 e. The largest absolute Gasteiger partial charge is 0.311 e. The Hall–Kier alpha value is -6.90. The Balaban J connectivity index is 1.14. The molecule has 0 aliphatic heterocycles. The predicted octanol–water partition coefficient (Wildman–Crippen LogP) is 14.2. The first-order chi connectivity index (χ1) is 26.2. The fourth-order valence-electron chi connectivity index (χ4n) is 7.87. The van der Waals surface area contributed by atoms with E-state index in [4.69, 9.17) is 0 Å². The molecule has 0 aliphatic carbocycles. The molecule has 2 heteroatoms. The van der Waals surface area contributed by atoms with E-state index in [0.29, 0.717) is 0 Å². The van der Waals surface area contributed by atoms with Gasteiger partial charge in [0.1, 0.15) is 0 Å². The SMILES string of the molecule is Cc1ccc(N(c2ccccc2)c2ccc(-n3c4ccc(-c5ccc6ccccc6c5)cc4c4cc(-c5ccc6ccccc6c5)ccc43)cc2)cc1. The fraction of sp³-hybridized carbons (Fsp3) is 0.0196. The average molecular weight is 677 g/mol. The van der Waals surface area contributed by atoms with Crippen LogP contribution in [0.3, 0.4) is 0 Å². The molecule has 0 unspecified atom stereocenters. The average Bonchev–Trinajstić information content (AvgIpc) is 3.55. The van der Waals surface area contributed by atoms with Crippen molar-refractivity contribution in [3.8, 4) is 27.9 Å². The van der Waals surface area contributed by atoms with E-state index in [9.17, 15) is 0 Å². The van der Waals surface area contributed by atoms with Gasteiger partial charge in [-0.1, -0.05) is 121 Å². The van der Waals surface area contributed by atoms with Gasteiger partial charge in [-0.2, -0.15) is 0 Å². The van der Waals surface area contributed by atoms with Crippen molar-refractivity contribution in [3.05, 3.63) is 206 Å². The monoisotopic (exact) mass is 676 g/mol. The number of para-hydroxylation sites is 1. The van der Waals surface area contributed by atoms with Crippen molar-refractivity contribution >= 4 is 60.4 Å². The Morgan fingerprint density at radius 3 is 1.28 bits per heavy atom. The molecular weight excluding hydrogens is 641 g/mol. The molecule has 0 amide bonds. The van der Waals surface area contributed by atoms with Gasteiger partial charge in [0.15, 0.2) is 0 Å². The first kappa shape index (κ1) is 30.9. The molecule has 10 rings (SSSR count). The van der Waals surface area contributed by atoms with Crippen molar-refractivity contribution in [3.63, 3.8) is 0 Å². The molecule has 9 aromatic carbocycles. The molecule has 0 radical (unpaired) electrons. The molecule has 0 N–H and O–H groups in total. The molecule has 53 heavy (non-hydrogen) atoms. The molecule has 1 heterocycles. The third-order valence-electron chi connectivity index (χ3n) is 10.6. The van der Waals surface area contributed by atoms with Crippen molar-refractivity contribution in [1.82, 2.24) is 4.57 Å². The van der Waals surface area contributed by atoms with Gasteiger partial charge in [-0.05, 0) is 136 Å². The summed E-state index contributed by atoms with van der Waals surface area (Å²) >= 11 is 0. The molecule has 0 spiro atoms. The highest BCUT2D eigenvalue weighted by atomic mass is 15.1. The lowest BCUT2D eigenvalue weighted by atomic mass is 9.98. The van der Waals surface area contributed by atoms with E-state index in [1.165, 1.54) is 71.2 Å². The molecule has 2 nitrogen and oxygen atoms in total. The van der Waals surface area contributed by atoms with Gasteiger partial charge < -0.3 is 9.47 Å². The Morgan fingerprint density at radius 2 is 0.755 bits per heavy atom. The van der Waals surface area contributed by atoms with Gasteiger partial charge in [0.05, 0.1) is 11.0 Å². The van der Waals surface area contributed by atoms with Crippen LogP contribution >= 0.6 is 0 Å². The summed E-state index contributed by atoms with van der Waals surface area (Å²) in [4.78, 5) is 2.32. The Kier molecular flexibility index (Phi) is 7.40. The van der Waals surface area contributed by atoms with Crippen molar-refractivity contribution in [1.29, 1.82) is 0 Å². The van der Waals surface area contributed by atoms with Crippen LogP contribution in [0.25, 0.3) is 71.3 Å². The Morgan fingerprint density at radius 1 is 0.340 bits per heavy atom. The highest BCUT2D eigenvalue weighted by Crippen LogP contribution is 2.40. The molecule has 0 saturated heterocycles. The molecule has 10 aromatic rings. The van der Waals surface area contributed by atoms with Gasteiger partial charge in [-0.15, -0.1) is 0 Å². The maximum absolute atomic E-state index is 2.42. The molecule has 0 fully saturated rings. The molecule has 0 aliphatic rings. The second-order valence-corrected chi connectivity index (χ2v) is 13.9. The number of anilines is 3. The first-order valence-corrected chi connectivity index (χ1v) is 18.3. The van der Waals surface area contributed by atoms with Crippen LogP contribution in [0.4, 0.5) is 17.1 Å². The van der Waals surface area contributed by atoms with E-state index >= 15 is 0 Å². The maximum Gasteiger partial charge on any atom is 0.0541 e. The summed E-state index contributed by atoms with van der Waals surface area (Å²) in [6, 6.07) is 73.0. The van der Waals surface area contributed by atoms with E-state index in [0.717, 1.165) is 22.7 Å². The molecule has 0 saturated carbocycles. The second kappa shape index (κ2) is 12.7. The first-order valence-electron chi connectivity index (χ1n) is 18.3. The minimum atomic E-state index is 1.11. The van der Waals surface area contributed by atoms with Crippen LogP contribution < -0.4 is 4.90 Å². The predicted molar refractivity (Wildman–Crippen MR) is 226 cm³/mol. The van der Waals surface area contributed by atoms with Crippen LogP contribution in [0.2, 0.25) is 0 Å². The standard InChI is InChI=1S/C51H36N2/c1-35-15-23-45(24-16-35)52(44-13-3-2-4-14-44)46-25-27-47(28-26-46)53-50-29-21-42(40-19-17-36-9-5-7-11-38(36)31-40)33-48(50)49-34-43(22-30-51(49)53)41-20-18-37-10-6-8-12-39(37)32-41/h2-34H,1H3. The maximum atomic E-state index is 2.42. The van der Waals surface area contributed by atoms with Crippen molar-refractivity contribution in [2.24, 2.45) is 0 Å². The van der Waals surface area contributed by atoms with Crippen molar-refractivity contribution in [2.45, 2.75) is 6.92 Å². The number of hydrogen-bond donors (Lipinski definition) is 0. The van der Waals surface area contributed by atoms with Gasteiger partial charge in [-0.3, -0.25) is 0 Å². The van der Waals surface area contributed by atoms with Gasteiger partial charge in [0.25, 0.3) is 0 Å². The molecule has 250 valence electrons. The Labute approximate surface area is 309 Å². The van der Waals surface area contributed by atoms with Crippen molar-refractivity contribution < 1.29 is 0 Å².